The number of thiophene rings is 1. The van der Waals surface area contributed by atoms with Crippen molar-refractivity contribution in [1.29, 1.82) is 0 Å². The van der Waals surface area contributed by atoms with Crippen LogP contribution >= 0.6 is 34.4 Å². The Morgan fingerprint density at radius 3 is 2.59 bits per heavy atom. The highest BCUT2D eigenvalue weighted by Crippen LogP contribution is 2.42. The van der Waals surface area contributed by atoms with Gasteiger partial charge in [-0.25, -0.2) is 4.98 Å². The predicted molar refractivity (Wildman–Crippen MR) is 137 cm³/mol. The minimum atomic E-state index is -4.33. The van der Waals surface area contributed by atoms with Crippen LogP contribution in [-0.4, -0.2) is 16.7 Å². The van der Waals surface area contributed by atoms with Crippen molar-refractivity contribution in [2.75, 3.05) is 5.75 Å². The van der Waals surface area contributed by atoms with Crippen molar-refractivity contribution in [3.05, 3.63) is 39.9 Å². The van der Waals surface area contributed by atoms with Crippen molar-refractivity contribution in [3.8, 4) is 5.06 Å². The van der Waals surface area contributed by atoms with Gasteiger partial charge in [-0.1, -0.05) is 55.9 Å². The fourth-order valence-corrected chi connectivity index (χ4v) is 7.41. The van der Waals surface area contributed by atoms with Gasteiger partial charge >= 0.3 is 12.1 Å². The number of hydrogen-bond acceptors (Lipinski definition) is 6. The monoisotopic (exact) mass is 529 g/mol. The fraction of sp³-hybridized carbons (Fsp3) is 0.520. The predicted octanol–water partition coefficient (Wildman–Crippen LogP) is 9.16. The first-order valence-corrected chi connectivity index (χ1v) is 14.2. The molecular formula is C25H30F3NO2S3. The summed E-state index contributed by atoms with van der Waals surface area (Å²) in [5.41, 5.74) is 1.22. The lowest BCUT2D eigenvalue weighted by atomic mass is 9.94. The molecule has 1 aromatic carbocycles. The molecule has 0 aliphatic carbocycles. The number of thioether (sulfide) groups is 1. The van der Waals surface area contributed by atoms with Gasteiger partial charge in [-0.15, -0.1) is 11.3 Å². The number of thiazole rings is 1. The van der Waals surface area contributed by atoms with E-state index in [1.807, 2.05) is 20.8 Å². The summed E-state index contributed by atoms with van der Waals surface area (Å²) in [5.74, 6) is 0.895. The van der Waals surface area contributed by atoms with E-state index in [1.165, 1.54) is 39.7 Å². The summed E-state index contributed by atoms with van der Waals surface area (Å²) in [6, 6.07) is 4.07. The lowest BCUT2D eigenvalue weighted by Gasteiger charge is -2.16. The molecule has 1 atom stereocenters. The highest BCUT2D eigenvalue weighted by molar-refractivity contribution is 8.01. The van der Waals surface area contributed by atoms with Crippen LogP contribution in [0.3, 0.4) is 0 Å². The number of hydrogen-bond donors (Lipinski definition) is 0. The van der Waals surface area contributed by atoms with Gasteiger partial charge in [0.1, 0.15) is 0 Å². The van der Waals surface area contributed by atoms with Gasteiger partial charge in [0.05, 0.1) is 11.3 Å². The quantitative estimate of drug-likeness (QED) is 0.183. The molecule has 0 aliphatic heterocycles. The van der Waals surface area contributed by atoms with E-state index < -0.39 is 11.7 Å². The molecule has 3 rings (SSSR count). The number of ether oxygens (including phenoxy) is 1. The molecule has 0 amide bonds. The van der Waals surface area contributed by atoms with Crippen LogP contribution in [0.4, 0.5) is 13.2 Å². The third-order valence-electron chi connectivity index (χ3n) is 5.67. The average molecular weight is 530 g/mol. The van der Waals surface area contributed by atoms with E-state index in [1.54, 1.807) is 17.8 Å². The third-order valence-corrected chi connectivity index (χ3v) is 9.30. The molecular weight excluding hydrogens is 499 g/mol. The third kappa shape index (κ3) is 6.76. The Morgan fingerprint density at radius 2 is 1.91 bits per heavy atom. The summed E-state index contributed by atoms with van der Waals surface area (Å²) >= 11 is 4.53. The molecule has 0 bridgehead atoms. The van der Waals surface area contributed by atoms with Crippen LogP contribution in [0.15, 0.2) is 22.5 Å². The van der Waals surface area contributed by atoms with Gasteiger partial charge in [0, 0.05) is 21.8 Å². The van der Waals surface area contributed by atoms with E-state index in [4.69, 9.17) is 4.74 Å². The van der Waals surface area contributed by atoms with E-state index in [2.05, 4.69) is 11.9 Å². The van der Waals surface area contributed by atoms with E-state index >= 15 is 0 Å². The van der Waals surface area contributed by atoms with Crippen molar-refractivity contribution >= 4 is 50.5 Å². The molecule has 0 saturated heterocycles. The van der Waals surface area contributed by atoms with Crippen LogP contribution in [0.25, 0.3) is 10.1 Å². The first-order chi connectivity index (χ1) is 16.1. The minimum Gasteiger partial charge on any atom is -0.413 e. The number of benzene rings is 1. The molecule has 34 heavy (non-hydrogen) atoms. The van der Waals surface area contributed by atoms with Crippen molar-refractivity contribution in [2.24, 2.45) is 0 Å². The summed E-state index contributed by atoms with van der Waals surface area (Å²) in [5, 5.41) is 1.47. The molecule has 0 radical (unpaired) electrons. The maximum atomic E-state index is 13.2. The SMILES string of the molecule is CCCCC(CCSc1nc(C)c(OC(=O)CCC)s1)c1sc2cc(C(F)(F)F)ccc2c1C. The van der Waals surface area contributed by atoms with Gasteiger partial charge in [-0.3, -0.25) is 4.79 Å². The van der Waals surface area contributed by atoms with Crippen LogP contribution < -0.4 is 4.74 Å². The molecule has 0 spiro atoms. The zero-order valence-corrected chi connectivity index (χ0v) is 22.3. The smallest absolute Gasteiger partial charge is 0.413 e. The number of fused-ring (bicyclic) bond motifs is 1. The number of nitrogens with zero attached hydrogens (tertiary/aromatic N) is 1. The Kier molecular flexibility index (Phi) is 9.46. The first kappa shape index (κ1) is 27.0. The molecule has 2 heterocycles. The van der Waals surface area contributed by atoms with Gasteiger partial charge in [0.2, 0.25) is 5.06 Å². The molecule has 2 aromatic heterocycles. The lowest BCUT2D eigenvalue weighted by molar-refractivity contribution is -0.137. The number of alkyl halides is 3. The van der Waals surface area contributed by atoms with Crippen LogP contribution in [0.5, 0.6) is 5.06 Å². The molecule has 0 aliphatic rings. The molecule has 0 saturated carbocycles. The van der Waals surface area contributed by atoms with Gasteiger partial charge in [0.25, 0.3) is 0 Å². The average Bonchev–Trinajstić information content (AvgIpc) is 3.29. The lowest BCUT2D eigenvalue weighted by Crippen LogP contribution is -2.06. The Bertz CT molecular complexity index is 1120. The van der Waals surface area contributed by atoms with Crippen LogP contribution in [0, 0.1) is 13.8 Å². The summed E-state index contributed by atoms with van der Waals surface area (Å²) in [6.45, 7) is 7.95. The number of carbonyl (C=O) groups excluding carboxylic acids is 1. The summed E-state index contributed by atoms with van der Waals surface area (Å²) in [4.78, 5) is 17.5. The standard InChI is InChI=1S/C25H30F3NO2S3/c1-5-7-9-17(12-13-32-24-29-16(4)23(34-24)31-21(30)8-6-2)22-15(3)19-11-10-18(25(26,27)28)14-20(19)33-22/h10-11,14,17H,5-9,12-13H2,1-4H3. The molecule has 1 unspecified atom stereocenters. The maximum Gasteiger partial charge on any atom is 0.416 e. The van der Waals surface area contributed by atoms with Gasteiger partial charge in [-0.05, 0) is 62.1 Å². The Balaban J connectivity index is 1.73. The highest BCUT2D eigenvalue weighted by atomic mass is 32.2. The zero-order valence-electron chi connectivity index (χ0n) is 19.9. The summed E-state index contributed by atoms with van der Waals surface area (Å²) < 4.78 is 46.5. The van der Waals surface area contributed by atoms with Crippen LogP contribution in [0.1, 0.15) is 80.0 Å². The van der Waals surface area contributed by atoms with E-state index in [-0.39, 0.29) is 5.97 Å². The number of rotatable bonds is 11. The van der Waals surface area contributed by atoms with Gasteiger partial charge in [0.15, 0.2) is 4.34 Å². The number of carbonyl (C=O) groups is 1. The Hall–Kier alpha value is -1.58. The number of unbranched alkanes of at least 4 members (excludes halogenated alkanes) is 1. The second kappa shape index (κ2) is 11.9. The largest absolute Gasteiger partial charge is 0.416 e. The maximum absolute atomic E-state index is 13.2. The van der Waals surface area contributed by atoms with Gasteiger partial charge in [-0.2, -0.15) is 13.2 Å². The topological polar surface area (TPSA) is 39.2 Å². The van der Waals surface area contributed by atoms with E-state index in [9.17, 15) is 18.0 Å². The van der Waals surface area contributed by atoms with Gasteiger partial charge < -0.3 is 4.74 Å². The van der Waals surface area contributed by atoms with Crippen LogP contribution in [0.2, 0.25) is 0 Å². The van der Waals surface area contributed by atoms with Crippen molar-refractivity contribution in [3.63, 3.8) is 0 Å². The van der Waals surface area contributed by atoms with Crippen molar-refractivity contribution in [2.45, 2.75) is 82.7 Å². The van der Waals surface area contributed by atoms with Crippen molar-refractivity contribution < 1.29 is 22.7 Å². The van der Waals surface area contributed by atoms with E-state index in [0.29, 0.717) is 22.1 Å². The fourth-order valence-electron chi connectivity index (χ4n) is 3.83. The second-order valence-corrected chi connectivity index (χ2v) is 11.7. The first-order valence-electron chi connectivity index (χ1n) is 11.5. The molecule has 0 N–H and O–H groups in total. The molecule has 3 aromatic rings. The Morgan fingerprint density at radius 1 is 1.15 bits per heavy atom. The second-order valence-electron chi connectivity index (χ2n) is 8.35. The highest BCUT2D eigenvalue weighted by Gasteiger charge is 2.31. The molecule has 186 valence electrons. The summed E-state index contributed by atoms with van der Waals surface area (Å²) in [6.07, 6.45) is 0.862. The Labute approximate surface area is 211 Å². The molecule has 3 nitrogen and oxygen atoms in total. The normalized spacial score (nSPS) is 12.9. The van der Waals surface area contributed by atoms with E-state index in [0.717, 1.165) is 58.8 Å². The minimum absolute atomic E-state index is 0.237. The molecule has 9 heteroatoms. The number of halogens is 3. The molecule has 0 fully saturated rings. The number of esters is 1. The summed E-state index contributed by atoms with van der Waals surface area (Å²) in [7, 11) is 0. The van der Waals surface area contributed by atoms with Crippen LogP contribution in [-0.2, 0) is 11.0 Å². The number of aromatic nitrogens is 1. The number of aryl methyl sites for hydroxylation is 2. The zero-order chi connectivity index (χ0) is 24.9. The van der Waals surface area contributed by atoms with Crippen molar-refractivity contribution in [1.82, 2.24) is 4.98 Å².